The molecule has 1 aromatic heterocycles. The van der Waals surface area contributed by atoms with E-state index in [1.807, 2.05) is 0 Å². The maximum atomic E-state index is 14.9. The van der Waals surface area contributed by atoms with Gasteiger partial charge in [-0.05, 0) is 18.2 Å². The molecule has 11 heteroatoms. The third-order valence-corrected chi connectivity index (χ3v) is 5.07. The normalized spacial score (nSPS) is 13.7. The number of aromatic nitrogens is 2. The van der Waals surface area contributed by atoms with Gasteiger partial charge in [0, 0.05) is 18.4 Å². The molecule has 0 spiro atoms. The van der Waals surface area contributed by atoms with E-state index in [4.69, 9.17) is 14.3 Å². The first-order chi connectivity index (χ1) is 13.8. The average Bonchev–Trinajstić information content (AvgIpc) is 2.72. The van der Waals surface area contributed by atoms with Crippen molar-refractivity contribution in [2.75, 3.05) is 19.5 Å². The molecule has 0 saturated carbocycles. The van der Waals surface area contributed by atoms with Gasteiger partial charge in [-0.2, -0.15) is 4.39 Å². The Bertz CT molecular complexity index is 1110. The molecule has 0 saturated heterocycles. The number of benzene rings is 2. The number of rotatable bonds is 8. The first kappa shape index (κ1) is 20.7. The number of halogens is 1. The van der Waals surface area contributed by atoms with Crippen molar-refractivity contribution in [1.82, 2.24) is 14.9 Å². The van der Waals surface area contributed by atoms with E-state index in [1.165, 1.54) is 44.8 Å². The zero-order chi connectivity index (χ0) is 21.1. The second-order valence-electron chi connectivity index (χ2n) is 5.99. The third kappa shape index (κ3) is 4.70. The number of nitrogens with one attached hydrogen (secondary N) is 2. The van der Waals surface area contributed by atoms with Crippen LogP contribution in [0.2, 0.25) is 0 Å². The van der Waals surface area contributed by atoms with Crippen molar-refractivity contribution < 1.29 is 27.1 Å². The number of fused-ring (bicyclic) bond motifs is 1. The van der Waals surface area contributed by atoms with Gasteiger partial charge in [-0.15, -0.1) is 0 Å². The lowest BCUT2D eigenvalue weighted by molar-refractivity contribution is -0.133. The van der Waals surface area contributed by atoms with Crippen LogP contribution in [0.3, 0.4) is 0 Å². The summed E-state index contributed by atoms with van der Waals surface area (Å²) in [6.45, 7) is 0.995. The number of methoxy groups -OCH3 is 2. The van der Waals surface area contributed by atoms with Crippen molar-refractivity contribution in [3.8, 4) is 11.5 Å². The molecule has 2 aromatic carbocycles. The molecule has 0 aliphatic heterocycles. The van der Waals surface area contributed by atoms with Crippen molar-refractivity contribution in [3.05, 3.63) is 48.8 Å². The van der Waals surface area contributed by atoms with E-state index < -0.39 is 16.0 Å². The number of anilines is 1. The number of hydrogen-bond acceptors (Lipinski definition) is 8. The van der Waals surface area contributed by atoms with E-state index in [0.29, 0.717) is 22.4 Å². The summed E-state index contributed by atoms with van der Waals surface area (Å²) in [4.78, 5) is 14.6. The summed E-state index contributed by atoms with van der Waals surface area (Å²) in [5.41, 5.74) is 0.459. The average molecular weight is 422 g/mol. The van der Waals surface area contributed by atoms with Gasteiger partial charge in [0.05, 0.1) is 24.6 Å². The molecule has 9 nitrogen and oxygen atoms in total. The molecule has 3 rings (SSSR count). The summed E-state index contributed by atoms with van der Waals surface area (Å²) in [6.07, 6.45) is 1.22. The number of alkyl halides is 1. The standard InChI is InChI=1S/C18H19FN4O5S/c1-18(19,28-23-29(24,25)12-7-5-4-6-8-12)22-17-13-9-15(26-2)16(27-3)10-14(13)20-11-21-17/h4-11,23H,1-3H3,(H,20,21,22). The quantitative estimate of drug-likeness (QED) is 0.324. The minimum atomic E-state index is -4.07. The molecule has 0 bridgehead atoms. The maximum Gasteiger partial charge on any atom is 0.302 e. The molecule has 3 aromatic rings. The topological polar surface area (TPSA) is 112 Å². The summed E-state index contributed by atoms with van der Waals surface area (Å²) < 4.78 is 49.8. The number of ether oxygens (including phenoxy) is 2. The summed E-state index contributed by atoms with van der Waals surface area (Å²) >= 11 is 0. The second-order valence-corrected chi connectivity index (χ2v) is 7.64. The van der Waals surface area contributed by atoms with Crippen LogP contribution in [0.5, 0.6) is 11.5 Å². The second kappa shape index (κ2) is 8.15. The smallest absolute Gasteiger partial charge is 0.302 e. The molecule has 154 valence electrons. The van der Waals surface area contributed by atoms with Crippen molar-refractivity contribution >= 4 is 26.7 Å². The molecule has 0 amide bonds. The van der Waals surface area contributed by atoms with Gasteiger partial charge < -0.3 is 14.8 Å². The van der Waals surface area contributed by atoms with Crippen molar-refractivity contribution in [2.45, 2.75) is 17.8 Å². The van der Waals surface area contributed by atoms with Crippen LogP contribution in [0.4, 0.5) is 10.2 Å². The monoisotopic (exact) mass is 422 g/mol. The van der Waals surface area contributed by atoms with E-state index in [9.17, 15) is 12.8 Å². The predicted molar refractivity (Wildman–Crippen MR) is 104 cm³/mol. The predicted octanol–water partition coefficient (Wildman–Crippen LogP) is 2.61. The van der Waals surface area contributed by atoms with Gasteiger partial charge in [-0.25, -0.2) is 23.2 Å². The van der Waals surface area contributed by atoms with Gasteiger partial charge in [0.15, 0.2) is 11.5 Å². The van der Waals surface area contributed by atoms with E-state index in [-0.39, 0.29) is 10.7 Å². The highest BCUT2D eigenvalue weighted by Gasteiger charge is 2.29. The van der Waals surface area contributed by atoms with Gasteiger partial charge in [-0.3, -0.25) is 0 Å². The Labute approximate surface area is 166 Å². The van der Waals surface area contributed by atoms with Crippen LogP contribution in [0.15, 0.2) is 53.7 Å². The zero-order valence-corrected chi connectivity index (χ0v) is 16.7. The van der Waals surface area contributed by atoms with Crippen molar-refractivity contribution in [1.29, 1.82) is 0 Å². The zero-order valence-electron chi connectivity index (χ0n) is 15.8. The highest BCUT2D eigenvalue weighted by Crippen LogP contribution is 2.34. The fourth-order valence-electron chi connectivity index (χ4n) is 2.50. The molecule has 0 radical (unpaired) electrons. The Morgan fingerprint density at radius 1 is 1.03 bits per heavy atom. The van der Waals surface area contributed by atoms with Crippen molar-refractivity contribution in [2.24, 2.45) is 0 Å². The minimum absolute atomic E-state index is 0.0693. The van der Waals surface area contributed by atoms with Gasteiger partial charge in [0.25, 0.3) is 10.0 Å². The lowest BCUT2D eigenvalue weighted by Gasteiger charge is -2.23. The SMILES string of the molecule is COc1cc2ncnc(NC(C)(F)ONS(=O)(=O)c3ccccc3)c2cc1OC. The molecule has 29 heavy (non-hydrogen) atoms. The Morgan fingerprint density at radius 2 is 1.69 bits per heavy atom. The summed E-state index contributed by atoms with van der Waals surface area (Å²) in [5, 5.41) is 2.83. The molecule has 1 unspecified atom stereocenters. The Morgan fingerprint density at radius 3 is 2.34 bits per heavy atom. The van der Waals surface area contributed by atoms with E-state index in [2.05, 4.69) is 15.3 Å². The maximum absolute atomic E-state index is 14.9. The summed E-state index contributed by atoms with van der Waals surface area (Å²) in [7, 11) is -1.13. The Balaban J connectivity index is 1.84. The van der Waals surface area contributed by atoms with Crippen LogP contribution >= 0.6 is 0 Å². The van der Waals surface area contributed by atoms with Gasteiger partial charge in [0.1, 0.15) is 12.1 Å². The fourth-order valence-corrected chi connectivity index (χ4v) is 3.38. The molecule has 0 aliphatic carbocycles. The van der Waals surface area contributed by atoms with E-state index in [0.717, 1.165) is 6.92 Å². The van der Waals surface area contributed by atoms with E-state index >= 15 is 0 Å². The highest BCUT2D eigenvalue weighted by atomic mass is 32.2. The largest absolute Gasteiger partial charge is 0.493 e. The van der Waals surface area contributed by atoms with Gasteiger partial charge in [0.2, 0.25) is 0 Å². The molecule has 0 fully saturated rings. The Hall–Kier alpha value is -3.02. The lowest BCUT2D eigenvalue weighted by Crippen LogP contribution is -2.40. The van der Waals surface area contributed by atoms with Crippen LogP contribution in [0.25, 0.3) is 10.9 Å². The summed E-state index contributed by atoms with van der Waals surface area (Å²) in [5.74, 6) is -1.72. The molecular formula is C18H19FN4O5S. The van der Waals surface area contributed by atoms with Crippen LogP contribution in [-0.2, 0) is 14.9 Å². The van der Waals surface area contributed by atoms with Gasteiger partial charge in [-0.1, -0.05) is 23.1 Å². The molecule has 2 N–H and O–H groups in total. The first-order valence-electron chi connectivity index (χ1n) is 8.34. The van der Waals surface area contributed by atoms with E-state index in [1.54, 1.807) is 23.1 Å². The number of sulfonamides is 1. The highest BCUT2D eigenvalue weighted by molar-refractivity contribution is 7.89. The number of nitrogens with zero attached hydrogens (tertiary/aromatic N) is 2. The van der Waals surface area contributed by atoms with Crippen LogP contribution < -0.4 is 19.7 Å². The first-order valence-corrected chi connectivity index (χ1v) is 9.83. The van der Waals surface area contributed by atoms with Crippen molar-refractivity contribution in [3.63, 3.8) is 0 Å². The summed E-state index contributed by atoms with van der Waals surface area (Å²) in [6, 6.07) is 10.6. The third-order valence-electron chi connectivity index (χ3n) is 3.88. The minimum Gasteiger partial charge on any atom is -0.493 e. The molecule has 1 heterocycles. The van der Waals surface area contributed by atoms with Crippen LogP contribution in [0.1, 0.15) is 6.92 Å². The van der Waals surface area contributed by atoms with Crippen LogP contribution in [-0.4, -0.2) is 38.6 Å². The van der Waals surface area contributed by atoms with Gasteiger partial charge >= 0.3 is 5.98 Å². The molecular weight excluding hydrogens is 403 g/mol. The Kier molecular flexibility index (Phi) is 5.82. The molecule has 1 atom stereocenters. The van der Waals surface area contributed by atoms with Crippen LogP contribution in [0, 0.1) is 0 Å². The number of hydrogen-bond donors (Lipinski definition) is 2. The fraction of sp³-hybridized carbons (Fsp3) is 0.222. The molecule has 0 aliphatic rings. The lowest BCUT2D eigenvalue weighted by atomic mass is 10.2.